The first-order valence-electron chi connectivity index (χ1n) is 6.98. The molecule has 1 aromatic rings. The van der Waals surface area contributed by atoms with Gasteiger partial charge < -0.3 is 10.6 Å². The number of anilines is 2. The Hall–Kier alpha value is -1.92. The van der Waals surface area contributed by atoms with Crippen LogP contribution in [-0.4, -0.2) is 27.0 Å². The van der Waals surface area contributed by atoms with Gasteiger partial charge in [0.05, 0.1) is 4.92 Å². The fraction of sp³-hybridized carbons (Fsp3) is 0.692. The third kappa shape index (κ3) is 3.79. The molecule has 1 aromatic heterocycles. The Morgan fingerprint density at radius 1 is 1.25 bits per heavy atom. The quantitative estimate of drug-likeness (QED) is 0.561. The Kier molecular flexibility index (Phi) is 5.66. The van der Waals surface area contributed by atoms with E-state index in [1.165, 1.54) is 6.33 Å². The van der Waals surface area contributed by atoms with Crippen LogP contribution in [0.25, 0.3) is 0 Å². The van der Waals surface area contributed by atoms with Crippen molar-refractivity contribution in [2.24, 2.45) is 0 Å². The molecule has 0 saturated carbocycles. The van der Waals surface area contributed by atoms with E-state index in [1.807, 2.05) is 27.7 Å². The number of nitro groups is 1. The zero-order chi connectivity index (χ0) is 15.2. The highest BCUT2D eigenvalue weighted by molar-refractivity contribution is 5.69. The minimum absolute atomic E-state index is 0.0888. The standard InChI is InChI=1S/C13H23N5O2/c1-5-8-14-11-10(18(19)20)12(16-9-15-11)17-13(4,6-2)7-3/h9H,5-8H2,1-4H3,(H2,14,15,16,17). The summed E-state index contributed by atoms with van der Waals surface area (Å²) in [5.41, 5.74) is -0.310. The predicted molar refractivity (Wildman–Crippen MR) is 80.1 cm³/mol. The first kappa shape index (κ1) is 16.1. The van der Waals surface area contributed by atoms with Crippen LogP contribution in [0.2, 0.25) is 0 Å². The normalized spacial score (nSPS) is 11.2. The van der Waals surface area contributed by atoms with Gasteiger partial charge in [-0.05, 0) is 26.2 Å². The third-order valence-electron chi connectivity index (χ3n) is 3.53. The summed E-state index contributed by atoms with van der Waals surface area (Å²) in [5, 5.41) is 17.5. The molecule has 0 aliphatic rings. The van der Waals surface area contributed by atoms with Gasteiger partial charge in [-0.25, -0.2) is 9.97 Å². The van der Waals surface area contributed by atoms with Crippen LogP contribution < -0.4 is 10.6 Å². The molecule has 1 rings (SSSR count). The first-order valence-corrected chi connectivity index (χ1v) is 6.98. The third-order valence-corrected chi connectivity index (χ3v) is 3.53. The van der Waals surface area contributed by atoms with E-state index in [1.54, 1.807) is 0 Å². The van der Waals surface area contributed by atoms with Crippen molar-refractivity contribution >= 4 is 17.3 Å². The van der Waals surface area contributed by atoms with Crippen LogP contribution in [0.4, 0.5) is 17.3 Å². The second kappa shape index (κ2) is 7.02. The van der Waals surface area contributed by atoms with Crippen LogP contribution in [0.15, 0.2) is 6.33 Å². The molecule has 7 heteroatoms. The lowest BCUT2D eigenvalue weighted by Gasteiger charge is -2.28. The molecule has 0 aliphatic carbocycles. The van der Waals surface area contributed by atoms with Crippen molar-refractivity contribution in [2.75, 3.05) is 17.2 Å². The van der Waals surface area contributed by atoms with Gasteiger partial charge in [-0.3, -0.25) is 10.1 Å². The van der Waals surface area contributed by atoms with E-state index >= 15 is 0 Å². The van der Waals surface area contributed by atoms with Crippen molar-refractivity contribution in [2.45, 2.75) is 52.5 Å². The molecule has 0 aromatic carbocycles. The van der Waals surface area contributed by atoms with E-state index in [9.17, 15) is 10.1 Å². The van der Waals surface area contributed by atoms with E-state index < -0.39 is 4.92 Å². The maximum absolute atomic E-state index is 11.3. The molecule has 0 unspecified atom stereocenters. The summed E-state index contributed by atoms with van der Waals surface area (Å²) in [5.74, 6) is 0.540. The summed E-state index contributed by atoms with van der Waals surface area (Å²) in [6.45, 7) is 8.73. The summed E-state index contributed by atoms with van der Waals surface area (Å²) in [4.78, 5) is 18.9. The maximum Gasteiger partial charge on any atom is 0.353 e. The van der Waals surface area contributed by atoms with E-state index in [0.29, 0.717) is 6.54 Å². The minimum Gasteiger partial charge on any atom is -0.364 e. The highest BCUT2D eigenvalue weighted by Crippen LogP contribution is 2.32. The Morgan fingerprint density at radius 2 is 1.85 bits per heavy atom. The van der Waals surface area contributed by atoms with Gasteiger partial charge in [0.15, 0.2) is 0 Å². The molecule has 112 valence electrons. The second-order valence-corrected chi connectivity index (χ2v) is 5.00. The molecule has 0 spiro atoms. The molecule has 0 bridgehead atoms. The van der Waals surface area contributed by atoms with E-state index in [0.717, 1.165) is 19.3 Å². The highest BCUT2D eigenvalue weighted by Gasteiger charge is 2.28. The SMILES string of the molecule is CCCNc1ncnc(NC(C)(CC)CC)c1[N+](=O)[O-]. The molecule has 7 nitrogen and oxygen atoms in total. The molecule has 1 heterocycles. The lowest BCUT2D eigenvalue weighted by atomic mass is 9.95. The molecular formula is C13H23N5O2. The molecule has 0 saturated heterocycles. The predicted octanol–water partition coefficient (Wildman–Crippen LogP) is 3.20. The smallest absolute Gasteiger partial charge is 0.353 e. The van der Waals surface area contributed by atoms with Gasteiger partial charge in [-0.15, -0.1) is 0 Å². The van der Waals surface area contributed by atoms with Crippen LogP contribution >= 0.6 is 0 Å². The van der Waals surface area contributed by atoms with Gasteiger partial charge in [-0.1, -0.05) is 20.8 Å². The van der Waals surface area contributed by atoms with Crippen molar-refractivity contribution in [1.29, 1.82) is 0 Å². The monoisotopic (exact) mass is 281 g/mol. The zero-order valence-electron chi connectivity index (χ0n) is 12.6. The van der Waals surface area contributed by atoms with Crippen molar-refractivity contribution in [3.05, 3.63) is 16.4 Å². The number of rotatable bonds is 8. The number of aromatic nitrogens is 2. The van der Waals surface area contributed by atoms with Crippen molar-refractivity contribution in [3.8, 4) is 0 Å². The molecule has 0 aliphatic heterocycles. The summed E-state index contributed by atoms with van der Waals surface area (Å²) >= 11 is 0. The Balaban J connectivity index is 3.15. The lowest BCUT2D eigenvalue weighted by molar-refractivity contribution is -0.383. The molecule has 0 radical (unpaired) electrons. The Morgan fingerprint density at radius 3 is 2.35 bits per heavy atom. The van der Waals surface area contributed by atoms with Crippen LogP contribution in [0, 0.1) is 10.1 Å². The van der Waals surface area contributed by atoms with E-state index in [4.69, 9.17) is 0 Å². The second-order valence-electron chi connectivity index (χ2n) is 5.00. The van der Waals surface area contributed by atoms with Crippen LogP contribution in [0.1, 0.15) is 47.0 Å². The fourth-order valence-corrected chi connectivity index (χ4v) is 1.73. The van der Waals surface area contributed by atoms with Crippen LogP contribution in [0.5, 0.6) is 0 Å². The largest absolute Gasteiger partial charge is 0.364 e. The average molecular weight is 281 g/mol. The molecular weight excluding hydrogens is 258 g/mol. The molecule has 0 atom stereocenters. The first-order chi connectivity index (χ1) is 9.47. The summed E-state index contributed by atoms with van der Waals surface area (Å²) in [6.07, 6.45) is 3.91. The van der Waals surface area contributed by atoms with Gasteiger partial charge in [0, 0.05) is 12.1 Å². The topological polar surface area (TPSA) is 93.0 Å². The average Bonchev–Trinajstić information content (AvgIpc) is 2.44. The molecule has 0 fully saturated rings. The van der Waals surface area contributed by atoms with Crippen LogP contribution in [0.3, 0.4) is 0 Å². The Bertz CT molecular complexity index is 460. The van der Waals surface area contributed by atoms with E-state index in [-0.39, 0.29) is 22.9 Å². The van der Waals surface area contributed by atoms with E-state index in [2.05, 4.69) is 20.6 Å². The Labute approximate surface area is 119 Å². The molecule has 0 amide bonds. The van der Waals surface area contributed by atoms with Gasteiger partial charge in [0.1, 0.15) is 6.33 Å². The van der Waals surface area contributed by atoms with Gasteiger partial charge in [-0.2, -0.15) is 0 Å². The summed E-state index contributed by atoms with van der Waals surface area (Å²) in [6, 6.07) is 0. The zero-order valence-corrected chi connectivity index (χ0v) is 12.6. The highest BCUT2D eigenvalue weighted by atomic mass is 16.6. The number of nitrogens with zero attached hydrogens (tertiary/aromatic N) is 3. The molecule has 2 N–H and O–H groups in total. The lowest BCUT2D eigenvalue weighted by Crippen LogP contribution is -2.33. The minimum atomic E-state index is -0.438. The van der Waals surface area contributed by atoms with Gasteiger partial charge in [0.2, 0.25) is 11.6 Å². The van der Waals surface area contributed by atoms with Crippen molar-refractivity contribution < 1.29 is 4.92 Å². The van der Waals surface area contributed by atoms with Crippen LogP contribution in [-0.2, 0) is 0 Å². The molecule has 20 heavy (non-hydrogen) atoms. The summed E-state index contributed by atoms with van der Waals surface area (Å²) in [7, 11) is 0. The number of nitrogens with one attached hydrogen (secondary N) is 2. The summed E-state index contributed by atoms with van der Waals surface area (Å²) < 4.78 is 0. The van der Waals surface area contributed by atoms with Crippen molar-refractivity contribution in [3.63, 3.8) is 0 Å². The van der Waals surface area contributed by atoms with Crippen molar-refractivity contribution in [1.82, 2.24) is 9.97 Å². The number of hydrogen-bond donors (Lipinski definition) is 2. The maximum atomic E-state index is 11.3. The number of hydrogen-bond acceptors (Lipinski definition) is 6. The fourth-order valence-electron chi connectivity index (χ4n) is 1.73. The van der Waals surface area contributed by atoms with Gasteiger partial charge >= 0.3 is 5.69 Å². The van der Waals surface area contributed by atoms with Gasteiger partial charge in [0.25, 0.3) is 0 Å².